The van der Waals surface area contributed by atoms with Crippen molar-refractivity contribution in [3.8, 4) is 23.4 Å². The smallest absolute Gasteiger partial charge is 0.271 e. The fraction of sp³-hybridized carbons (Fsp3) is 0.333. The van der Waals surface area contributed by atoms with Gasteiger partial charge < -0.3 is 10.4 Å². The second-order valence-electron chi connectivity index (χ2n) is 5.97. The number of aliphatic hydroxyl groups is 1. The topological polar surface area (TPSA) is 115 Å². The van der Waals surface area contributed by atoms with Crippen molar-refractivity contribution >= 4 is 5.91 Å². The molecule has 1 aromatic heterocycles. The normalized spacial score (nSPS) is 11.6. The summed E-state index contributed by atoms with van der Waals surface area (Å²) in [5, 5.41) is 34.9. The molecule has 7 heteroatoms. The molecule has 7 nitrogen and oxygen atoms in total. The molecule has 1 heterocycles. The highest BCUT2D eigenvalue weighted by Crippen LogP contribution is 2.27. The van der Waals surface area contributed by atoms with Crippen molar-refractivity contribution in [2.24, 2.45) is 0 Å². The Morgan fingerprint density at radius 2 is 1.88 bits per heavy atom. The SMILES string of the molecule is CC(O)CNC(=O)c1c(C#N)c(-c2ccc(C#N)cc2)nn1C(C)C. The summed E-state index contributed by atoms with van der Waals surface area (Å²) in [5.74, 6) is -0.460. The van der Waals surface area contributed by atoms with E-state index >= 15 is 0 Å². The highest BCUT2D eigenvalue weighted by molar-refractivity contribution is 5.97. The van der Waals surface area contributed by atoms with E-state index in [9.17, 15) is 15.2 Å². The lowest BCUT2D eigenvalue weighted by Crippen LogP contribution is -2.33. The van der Waals surface area contributed by atoms with Crippen molar-refractivity contribution < 1.29 is 9.90 Å². The predicted octanol–water partition coefficient (Wildman–Crippen LogP) is 1.98. The first-order valence-corrected chi connectivity index (χ1v) is 7.88. The van der Waals surface area contributed by atoms with Gasteiger partial charge in [0.25, 0.3) is 5.91 Å². The minimum absolute atomic E-state index is 0.0825. The van der Waals surface area contributed by atoms with Crippen LogP contribution in [0.25, 0.3) is 11.3 Å². The van der Waals surface area contributed by atoms with E-state index in [1.54, 1.807) is 31.2 Å². The molecule has 25 heavy (non-hydrogen) atoms. The lowest BCUT2D eigenvalue weighted by atomic mass is 10.0. The molecule has 1 atom stereocenters. The van der Waals surface area contributed by atoms with Gasteiger partial charge in [-0.2, -0.15) is 15.6 Å². The Labute approximate surface area is 146 Å². The van der Waals surface area contributed by atoms with Crippen LogP contribution in [0.1, 0.15) is 48.4 Å². The van der Waals surface area contributed by atoms with Gasteiger partial charge in [0.15, 0.2) is 0 Å². The van der Waals surface area contributed by atoms with Gasteiger partial charge in [-0.1, -0.05) is 12.1 Å². The van der Waals surface area contributed by atoms with Crippen molar-refractivity contribution in [1.82, 2.24) is 15.1 Å². The first-order chi connectivity index (χ1) is 11.9. The molecule has 1 unspecified atom stereocenters. The lowest BCUT2D eigenvalue weighted by molar-refractivity contribution is 0.0911. The monoisotopic (exact) mass is 337 g/mol. The Morgan fingerprint density at radius 3 is 2.36 bits per heavy atom. The molecule has 2 N–H and O–H groups in total. The van der Waals surface area contributed by atoms with E-state index in [4.69, 9.17) is 5.26 Å². The fourth-order valence-electron chi connectivity index (χ4n) is 2.36. The first-order valence-electron chi connectivity index (χ1n) is 7.88. The number of carbonyl (C=O) groups is 1. The van der Waals surface area contributed by atoms with Crippen LogP contribution < -0.4 is 5.32 Å². The zero-order chi connectivity index (χ0) is 18.6. The van der Waals surface area contributed by atoms with Crippen molar-refractivity contribution in [2.45, 2.75) is 32.9 Å². The number of benzene rings is 1. The summed E-state index contributed by atoms with van der Waals surface area (Å²) in [6.45, 7) is 5.37. The number of nitriles is 2. The zero-order valence-electron chi connectivity index (χ0n) is 14.3. The minimum atomic E-state index is -0.692. The number of carbonyl (C=O) groups excluding carboxylic acids is 1. The van der Waals surface area contributed by atoms with E-state index in [1.807, 2.05) is 19.9 Å². The summed E-state index contributed by atoms with van der Waals surface area (Å²) < 4.78 is 1.50. The zero-order valence-corrected chi connectivity index (χ0v) is 14.3. The van der Waals surface area contributed by atoms with Crippen LogP contribution >= 0.6 is 0 Å². The van der Waals surface area contributed by atoms with Crippen LogP contribution in [0.2, 0.25) is 0 Å². The number of amides is 1. The second kappa shape index (κ2) is 7.61. The molecule has 0 bridgehead atoms. The number of nitrogens with zero attached hydrogens (tertiary/aromatic N) is 4. The summed E-state index contributed by atoms with van der Waals surface area (Å²) in [7, 11) is 0. The molecule has 1 aromatic carbocycles. The van der Waals surface area contributed by atoms with Gasteiger partial charge in [0.1, 0.15) is 23.0 Å². The van der Waals surface area contributed by atoms with Gasteiger partial charge in [-0.25, -0.2) is 0 Å². The van der Waals surface area contributed by atoms with Gasteiger partial charge in [-0.3, -0.25) is 9.48 Å². The van der Waals surface area contributed by atoms with E-state index in [0.717, 1.165) is 0 Å². The van der Waals surface area contributed by atoms with Crippen LogP contribution in [-0.2, 0) is 0 Å². The Balaban J connectivity index is 2.55. The quantitative estimate of drug-likeness (QED) is 0.866. The molecule has 0 saturated heterocycles. The van der Waals surface area contributed by atoms with Crippen LogP contribution in [0.3, 0.4) is 0 Å². The molecule has 2 rings (SSSR count). The average molecular weight is 337 g/mol. The minimum Gasteiger partial charge on any atom is -0.392 e. The number of nitrogens with one attached hydrogen (secondary N) is 1. The Hall–Kier alpha value is -3.16. The highest BCUT2D eigenvalue weighted by Gasteiger charge is 2.25. The summed E-state index contributed by atoms with van der Waals surface area (Å²) in [5.41, 5.74) is 1.88. The maximum absolute atomic E-state index is 12.5. The highest BCUT2D eigenvalue weighted by atomic mass is 16.3. The van der Waals surface area contributed by atoms with Gasteiger partial charge in [-0.05, 0) is 32.9 Å². The largest absolute Gasteiger partial charge is 0.392 e. The molecule has 2 aromatic rings. The molecule has 1 amide bonds. The Bertz CT molecular complexity index is 851. The summed E-state index contributed by atoms with van der Waals surface area (Å²) >= 11 is 0. The molecule has 0 aliphatic heterocycles. The maximum Gasteiger partial charge on any atom is 0.271 e. The molecule has 0 fully saturated rings. The number of hydrogen-bond donors (Lipinski definition) is 2. The van der Waals surface area contributed by atoms with Gasteiger partial charge in [-0.15, -0.1) is 0 Å². The molecule has 0 spiro atoms. The Kier molecular flexibility index (Phi) is 5.53. The van der Waals surface area contributed by atoms with Crippen LogP contribution in [0.4, 0.5) is 0 Å². The number of hydrogen-bond acceptors (Lipinski definition) is 5. The van der Waals surface area contributed by atoms with Gasteiger partial charge in [0, 0.05) is 18.2 Å². The van der Waals surface area contributed by atoms with Crippen molar-refractivity contribution in [1.29, 1.82) is 10.5 Å². The van der Waals surface area contributed by atoms with E-state index in [-0.39, 0.29) is 23.8 Å². The van der Waals surface area contributed by atoms with Gasteiger partial charge >= 0.3 is 0 Å². The van der Waals surface area contributed by atoms with Gasteiger partial charge in [0.05, 0.1) is 17.7 Å². The lowest BCUT2D eigenvalue weighted by Gasteiger charge is -2.12. The second-order valence-corrected chi connectivity index (χ2v) is 5.97. The number of aliphatic hydroxyl groups excluding tert-OH is 1. The summed E-state index contributed by atoms with van der Waals surface area (Å²) in [4.78, 5) is 12.5. The van der Waals surface area contributed by atoms with E-state index < -0.39 is 12.0 Å². The van der Waals surface area contributed by atoms with Crippen LogP contribution in [0, 0.1) is 22.7 Å². The van der Waals surface area contributed by atoms with Gasteiger partial charge in [0.2, 0.25) is 0 Å². The summed E-state index contributed by atoms with van der Waals surface area (Å²) in [6.07, 6.45) is -0.692. The van der Waals surface area contributed by atoms with Crippen molar-refractivity contribution in [2.75, 3.05) is 6.54 Å². The van der Waals surface area contributed by atoms with Crippen LogP contribution in [0.5, 0.6) is 0 Å². The standard InChI is InChI=1S/C18H19N5O2/c1-11(2)23-17(18(25)21-10-12(3)24)15(9-20)16(22-23)14-6-4-13(8-19)5-7-14/h4-7,11-12,24H,10H2,1-3H3,(H,21,25). The third-order valence-corrected chi connectivity index (χ3v) is 3.57. The molecule has 0 aliphatic rings. The molecule has 0 aliphatic carbocycles. The molecule has 0 saturated carbocycles. The number of aromatic nitrogens is 2. The van der Waals surface area contributed by atoms with E-state index in [1.165, 1.54) is 4.68 Å². The van der Waals surface area contributed by atoms with E-state index in [2.05, 4.69) is 16.5 Å². The molecular weight excluding hydrogens is 318 g/mol. The first kappa shape index (κ1) is 18.2. The molecule has 128 valence electrons. The third-order valence-electron chi connectivity index (χ3n) is 3.57. The predicted molar refractivity (Wildman–Crippen MR) is 91.5 cm³/mol. The van der Waals surface area contributed by atoms with E-state index in [0.29, 0.717) is 16.8 Å². The molecular formula is C18H19N5O2. The Morgan fingerprint density at radius 1 is 1.24 bits per heavy atom. The number of rotatable bonds is 5. The van der Waals surface area contributed by atoms with Crippen molar-refractivity contribution in [3.63, 3.8) is 0 Å². The van der Waals surface area contributed by atoms with Crippen LogP contribution in [0.15, 0.2) is 24.3 Å². The van der Waals surface area contributed by atoms with Crippen LogP contribution in [-0.4, -0.2) is 33.4 Å². The van der Waals surface area contributed by atoms with Crippen molar-refractivity contribution in [3.05, 3.63) is 41.1 Å². The fourth-order valence-corrected chi connectivity index (χ4v) is 2.36. The average Bonchev–Trinajstić information content (AvgIpc) is 2.99. The maximum atomic E-state index is 12.5. The third kappa shape index (κ3) is 3.85. The molecule has 0 radical (unpaired) electrons. The summed E-state index contributed by atoms with van der Waals surface area (Å²) in [6, 6.07) is 10.6.